The number of carbonyl (C=O) groups is 1. The van der Waals surface area contributed by atoms with E-state index in [0.717, 1.165) is 39.3 Å². The Labute approximate surface area is 176 Å². The number of nitrogens with zero attached hydrogens (tertiary/aromatic N) is 4. The van der Waals surface area contributed by atoms with Crippen LogP contribution >= 0.6 is 11.3 Å². The molecule has 2 aromatic carbocycles. The Balaban J connectivity index is 1.25. The van der Waals surface area contributed by atoms with Crippen LogP contribution in [0.25, 0.3) is 21.5 Å². The van der Waals surface area contributed by atoms with Crippen LogP contribution < -0.4 is 16.4 Å². The lowest BCUT2D eigenvalue weighted by Crippen LogP contribution is -2.35. The third kappa shape index (κ3) is 3.82. The molecule has 2 amide bonds. The predicted molar refractivity (Wildman–Crippen MR) is 118 cm³/mol. The number of amides is 2. The number of carbonyl (C=O) groups excluding carboxylic acids is 1. The normalized spacial score (nSPS) is 16.2. The third-order valence-corrected chi connectivity index (χ3v) is 5.90. The smallest absolute Gasteiger partial charge is 0.321 e. The van der Waals surface area contributed by atoms with Crippen molar-refractivity contribution >= 4 is 44.8 Å². The minimum absolute atomic E-state index is 0.0694. The fourth-order valence-electron chi connectivity index (χ4n) is 3.40. The van der Waals surface area contributed by atoms with Gasteiger partial charge in [-0.25, -0.2) is 4.79 Å². The molecule has 1 aliphatic rings. The fourth-order valence-corrected chi connectivity index (χ4v) is 4.17. The van der Waals surface area contributed by atoms with Gasteiger partial charge in [-0.05, 0) is 48.9 Å². The molecule has 1 fully saturated rings. The van der Waals surface area contributed by atoms with Crippen molar-refractivity contribution in [2.45, 2.75) is 12.5 Å². The lowest BCUT2D eigenvalue weighted by Gasteiger charge is -2.16. The molecule has 5 N–H and O–H groups in total. The second-order valence-corrected chi connectivity index (χ2v) is 8.19. The number of anilines is 3. The Morgan fingerprint density at radius 1 is 1.17 bits per heavy atom. The Morgan fingerprint density at radius 3 is 2.80 bits per heavy atom. The number of H-pyrrole nitrogens is 1. The van der Waals surface area contributed by atoms with E-state index in [1.54, 1.807) is 11.1 Å². The van der Waals surface area contributed by atoms with E-state index < -0.39 is 0 Å². The molecule has 1 atom stereocenters. The van der Waals surface area contributed by atoms with E-state index in [9.17, 15) is 4.79 Å². The van der Waals surface area contributed by atoms with Gasteiger partial charge in [0, 0.05) is 41.5 Å². The van der Waals surface area contributed by atoms with Gasteiger partial charge < -0.3 is 21.3 Å². The van der Waals surface area contributed by atoms with E-state index in [0.29, 0.717) is 18.2 Å². The van der Waals surface area contributed by atoms with Crippen molar-refractivity contribution < 1.29 is 4.79 Å². The molecule has 152 valence electrons. The van der Waals surface area contributed by atoms with Gasteiger partial charge in [0.2, 0.25) is 5.13 Å². The SMILES string of the molecule is NC1CCN(C(=O)Nc2ccc(-c3nnc(Nc4ccc5[nH]ncc5c4)s3)cc2)C1. The van der Waals surface area contributed by atoms with Gasteiger partial charge in [0.1, 0.15) is 5.01 Å². The van der Waals surface area contributed by atoms with Gasteiger partial charge in [0.15, 0.2) is 0 Å². The molecule has 0 bridgehead atoms. The summed E-state index contributed by atoms with van der Waals surface area (Å²) in [7, 11) is 0. The zero-order valence-corrected chi connectivity index (χ0v) is 16.8. The molecule has 4 aromatic rings. The van der Waals surface area contributed by atoms with Crippen molar-refractivity contribution in [3.63, 3.8) is 0 Å². The second-order valence-electron chi connectivity index (χ2n) is 7.21. The number of fused-ring (bicyclic) bond motifs is 1. The van der Waals surface area contributed by atoms with Gasteiger partial charge in [0.05, 0.1) is 11.7 Å². The Hall–Kier alpha value is -3.50. The van der Waals surface area contributed by atoms with Crippen LogP contribution in [0.15, 0.2) is 48.7 Å². The van der Waals surface area contributed by atoms with Crippen molar-refractivity contribution in [2.75, 3.05) is 23.7 Å². The van der Waals surface area contributed by atoms with Gasteiger partial charge in [-0.3, -0.25) is 5.10 Å². The fraction of sp³-hybridized carbons (Fsp3) is 0.200. The molecule has 0 aliphatic carbocycles. The maximum atomic E-state index is 12.3. The number of aromatic nitrogens is 4. The van der Waals surface area contributed by atoms with E-state index in [1.807, 2.05) is 42.5 Å². The van der Waals surface area contributed by atoms with E-state index in [2.05, 4.69) is 31.0 Å². The number of hydrogen-bond acceptors (Lipinski definition) is 7. The van der Waals surface area contributed by atoms with Crippen LogP contribution in [0.3, 0.4) is 0 Å². The first kappa shape index (κ1) is 18.5. The van der Waals surface area contributed by atoms with Crippen LogP contribution in [-0.4, -0.2) is 50.5 Å². The molecular formula is C20H20N8OS. The maximum absolute atomic E-state index is 12.3. The highest BCUT2D eigenvalue weighted by atomic mass is 32.1. The summed E-state index contributed by atoms with van der Waals surface area (Å²) in [6.07, 6.45) is 2.63. The van der Waals surface area contributed by atoms with Crippen LogP contribution in [0.4, 0.5) is 21.3 Å². The first-order chi connectivity index (χ1) is 14.6. The summed E-state index contributed by atoms with van der Waals surface area (Å²) in [5.74, 6) is 0. The molecule has 0 saturated carbocycles. The lowest BCUT2D eigenvalue weighted by molar-refractivity contribution is 0.222. The number of hydrogen-bond donors (Lipinski definition) is 4. The molecule has 0 spiro atoms. The minimum Gasteiger partial charge on any atom is -0.330 e. The van der Waals surface area contributed by atoms with Crippen LogP contribution in [0.1, 0.15) is 6.42 Å². The van der Waals surface area contributed by atoms with Gasteiger partial charge in [-0.2, -0.15) is 5.10 Å². The van der Waals surface area contributed by atoms with Crippen LogP contribution in [-0.2, 0) is 0 Å². The first-order valence-corrected chi connectivity index (χ1v) is 10.4. The van der Waals surface area contributed by atoms with Gasteiger partial charge in [-0.1, -0.05) is 11.3 Å². The molecule has 5 rings (SSSR count). The Morgan fingerprint density at radius 2 is 2.00 bits per heavy atom. The lowest BCUT2D eigenvalue weighted by atomic mass is 10.2. The molecule has 2 aromatic heterocycles. The zero-order valence-electron chi connectivity index (χ0n) is 16.0. The predicted octanol–water partition coefficient (Wildman–Crippen LogP) is 3.39. The average molecular weight is 421 g/mol. The topological polar surface area (TPSA) is 125 Å². The highest BCUT2D eigenvalue weighted by Crippen LogP contribution is 2.30. The summed E-state index contributed by atoms with van der Waals surface area (Å²) >= 11 is 1.46. The van der Waals surface area contributed by atoms with E-state index >= 15 is 0 Å². The molecule has 3 heterocycles. The summed E-state index contributed by atoms with van der Waals surface area (Å²) in [4.78, 5) is 14.0. The molecular weight excluding hydrogens is 400 g/mol. The van der Waals surface area contributed by atoms with Crippen molar-refractivity contribution in [3.05, 3.63) is 48.7 Å². The average Bonchev–Trinajstić information content (AvgIpc) is 3.49. The standard InChI is InChI=1S/C20H20N8OS/c21-14-7-8-28(11-14)20(29)24-15-3-1-12(2-4-15)18-26-27-19(30-18)23-16-5-6-17-13(9-16)10-22-25-17/h1-6,9-10,14H,7-8,11,21H2,(H,22,25)(H,23,27)(H,24,29). The van der Waals surface area contributed by atoms with Crippen molar-refractivity contribution in [2.24, 2.45) is 5.73 Å². The first-order valence-electron chi connectivity index (χ1n) is 9.60. The quantitative estimate of drug-likeness (QED) is 0.401. The molecule has 1 saturated heterocycles. The molecule has 1 aliphatic heterocycles. The van der Waals surface area contributed by atoms with E-state index in [1.165, 1.54) is 11.3 Å². The number of nitrogens with two attached hydrogens (primary N) is 1. The highest BCUT2D eigenvalue weighted by molar-refractivity contribution is 7.18. The van der Waals surface area contributed by atoms with Crippen LogP contribution in [0.5, 0.6) is 0 Å². The molecule has 30 heavy (non-hydrogen) atoms. The summed E-state index contributed by atoms with van der Waals surface area (Å²) < 4.78 is 0. The van der Waals surface area contributed by atoms with Gasteiger partial charge in [0.25, 0.3) is 0 Å². The monoisotopic (exact) mass is 420 g/mol. The van der Waals surface area contributed by atoms with Crippen molar-refractivity contribution in [1.29, 1.82) is 0 Å². The molecule has 1 unspecified atom stereocenters. The van der Waals surface area contributed by atoms with Crippen LogP contribution in [0.2, 0.25) is 0 Å². The largest absolute Gasteiger partial charge is 0.330 e. The third-order valence-electron chi connectivity index (χ3n) is 5.01. The summed E-state index contributed by atoms with van der Waals surface area (Å²) in [6, 6.07) is 13.5. The van der Waals surface area contributed by atoms with Crippen molar-refractivity contribution in [3.8, 4) is 10.6 Å². The number of likely N-dealkylation sites (tertiary alicyclic amines) is 1. The molecule has 9 nitrogen and oxygen atoms in total. The number of urea groups is 1. The number of benzene rings is 2. The maximum Gasteiger partial charge on any atom is 0.321 e. The van der Waals surface area contributed by atoms with Gasteiger partial charge >= 0.3 is 6.03 Å². The van der Waals surface area contributed by atoms with Gasteiger partial charge in [-0.15, -0.1) is 10.2 Å². The Bertz CT molecular complexity index is 1180. The van der Waals surface area contributed by atoms with E-state index in [4.69, 9.17) is 5.73 Å². The summed E-state index contributed by atoms with van der Waals surface area (Å²) in [5, 5.41) is 24.2. The Kier molecular flexibility index (Phi) is 4.77. The molecule has 10 heteroatoms. The van der Waals surface area contributed by atoms with E-state index in [-0.39, 0.29) is 12.1 Å². The van der Waals surface area contributed by atoms with Crippen molar-refractivity contribution in [1.82, 2.24) is 25.3 Å². The summed E-state index contributed by atoms with van der Waals surface area (Å²) in [5.41, 5.74) is 9.45. The zero-order chi connectivity index (χ0) is 20.5. The highest BCUT2D eigenvalue weighted by Gasteiger charge is 2.23. The summed E-state index contributed by atoms with van der Waals surface area (Å²) in [6.45, 7) is 1.29. The number of rotatable bonds is 4. The molecule has 0 radical (unpaired) electrons. The van der Waals surface area contributed by atoms with Crippen LogP contribution in [0, 0.1) is 0 Å². The number of nitrogens with one attached hydrogen (secondary N) is 3. The number of aromatic amines is 1. The minimum atomic E-state index is -0.118. The second kappa shape index (κ2) is 7.73.